The second-order valence-corrected chi connectivity index (χ2v) is 9.32. The average Bonchev–Trinajstić information content (AvgIpc) is 3.05. The van der Waals surface area contributed by atoms with Gasteiger partial charge in [0, 0.05) is 39.4 Å². The number of ketones is 1. The van der Waals surface area contributed by atoms with Crippen molar-refractivity contribution in [2.75, 3.05) is 14.2 Å². The molecule has 1 aliphatic carbocycles. The van der Waals surface area contributed by atoms with E-state index in [0.29, 0.717) is 30.5 Å². The maximum Gasteiger partial charge on any atom is 0.132 e. The number of ether oxygens (including phenoxy) is 2. The molecule has 1 fully saturated rings. The zero-order chi connectivity index (χ0) is 21.7. The van der Waals surface area contributed by atoms with Gasteiger partial charge in [-0.2, -0.15) is 0 Å². The van der Waals surface area contributed by atoms with E-state index in [0.717, 1.165) is 25.7 Å². The van der Waals surface area contributed by atoms with Crippen molar-refractivity contribution in [3.8, 4) is 0 Å². The van der Waals surface area contributed by atoms with Gasteiger partial charge in [-0.3, -0.25) is 4.79 Å². The monoisotopic (exact) mass is 406 g/mol. The molecule has 0 aliphatic heterocycles. The van der Waals surface area contributed by atoms with Crippen LogP contribution in [-0.2, 0) is 14.3 Å². The van der Waals surface area contributed by atoms with E-state index in [4.69, 9.17) is 9.47 Å². The predicted molar refractivity (Wildman–Crippen MR) is 123 cm³/mol. The van der Waals surface area contributed by atoms with Crippen LogP contribution in [-0.4, -0.2) is 32.2 Å². The molecule has 0 aromatic carbocycles. The lowest BCUT2D eigenvalue weighted by Crippen LogP contribution is -2.22. The van der Waals surface area contributed by atoms with Crippen molar-refractivity contribution in [1.29, 1.82) is 0 Å². The Morgan fingerprint density at radius 3 is 2.38 bits per heavy atom. The molecule has 1 saturated carbocycles. The number of allylic oxidation sites excluding steroid dienone is 3. The van der Waals surface area contributed by atoms with Gasteiger partial charge in [-0.05, 0) is 37.0 Å². The summed E-state index contributed by atoms with van der Waals surface area (Å²) in [5.74, 6) is 1.20. The smallest absolute Gasteiger partial charge is 0.132 e. The number of rotatable bonds is 15. The van der Waals surface area contributed by atoms with Gasteiger partial charge < -0.3 is 9.47 Å². The quantitative estimate of drug-likeness (QED) is 0.219. The Balaban J connectivity index is 2.70. The molecule has 0 bridgehead atoms. The van der Waals surface area contributed by atoms with Gasteiger partial charge in [-0.1, -0.05) is 71.3 Å². The van der Waals surface area contributed by atoms with Crippen molar-refractivity contribution in [1.82, 2.24) is 0 Å². The van der Waals surface area contributed by atoms with Crippen molar-refractivity contribution in [2.45, 2.75) is 104 Å². The molecule has 0 N–H and O–H groups in total. The SMILES string of the molecule is CCCCCC(C)(C)/C=C/[C@@H]1[C@@H](C/C=C\CCCC(=O)CC)[C@@H](OC)C[C@H]1OC. The summed E-state index contributed by atoms with van der Waals surface area (Å²) in [5, 5.41) is 0. The summed E-state index contributed by atoms with van der Waals surface area (Å²) in [4.78, 5) is 11.4. The van der Waals surface area contributed by atoms with Crippen LogP contribution < -0.4 is 0 Å². The van der Waals surface area contributed by atoms with Crippen LogP contribution in [0.1, 0.15) is 91.9 Å². The van der Waals surface area contributed by atoms with Gasteiger partial charge in [0.15, 0.2) is 0 Å². The Morgan fingerprint density at radius 1 is 1.03 bits per heavy atom. The minimum atomic E-state index is 0.225. The Kier molecular flexibility index (Phi) is 12.7. The molecule has 0 aromatic heterocycles. The molecule has 0 heterocycles. The van der Waals surface area contributed by atoms with Crippen molar-refractivity contribution in [3.05, 3.63) is 24.3 Å². The predicted octanol–water partition coefficient (Wildman–Crippen LogP) is 6.91. The minimum absolute atomic E-state index is 0.225. The van der Waals surface area contributed by atoms with E-state index >= 15 is 0 Å². The van der Waals surface area contributed by atoms with Crippen LogP contribution in [0.2, 0.25) is 0 Å². The number of unbranched alkanes of at least 4 members (excludes halogenated alkanes) is 3. The van der Waals surface area contributed by atoms with Gasteiger partial charge in [0.1, 0.15) is 5.78 Å². The number of Topliss-reactive ketones (excluding diaryl/α,β-unsaturated/α-hetero) is 1. The summed E-state index contributed by atoms with van der Waals surface area (Å²) >= 11 is 0. The lowest BCUT2D eigenvalue weighted by molar-refractivity contribution is -0.118. The van der Waals surface area contributed by atoms with Crippen LogP contribution in [0.15, 0.2) is 24.3 Å². The van der Waals surface area contributed by atoms with E-state index in [1.807, 2.05) is 21.1 Å². The summed E-state index contributed by atoms with van der Waals surface area (Å²) in [7, 11) is 3.65. The van der Waals surface area contributed by atoms with E-state index < -0.39 is 0 Å². The zero-order valence-corrected chi connectivity index (χ0v) is 19.9. The van der Waals surface area contributed by atoms with Crippen LogP contribution in [0.3, 0.4) is 0 Å². The van der Waals surface area contributed by atoms with Crippen molar-refractivity contribution >= 4 is 5.78 Å². The lowest BCUT2D eigenvalue weighted by Gasteiger charge is -2.25. The fourth-order valence-electron chi connectivity index (χ4n) is 4.44. The second-order valence-electron chi connectivity index (χ2n) is 9.32. The Labute approximate surface area is 180 Å². The van der Waals surface area contributed by atoms with Crippen molar-refractivity contribution in [2.24, 2.45) is 17.3 Å². The maximum atomic E-state index is 11.4. The van der Waals surface area contributed by atoms with Crippen LogP contribution in [0.4, 0.5) is 0 Å². The van der Waals surface area contributed by atoms with E-state index in [1.54, 1.807) is 0 Å². The number of carbonyl (C=O) groups excluding carboxylic acids is 1. The molecular formula is C26H46O3. The second kappa shape index (κ2) is 14.1. The van der Waals surface area contributed by atoms with Gasteiger partial charge in [-0.15, -0.1) is 0 Å². The van der Waals surface area contributed by atoms with Crippen LogP contribution >= 0.6 is 0 Å². The van der Waals surface area contributed by atoms with Crippen molar-refractivity contribution in [3.63, 3.8) is 0 Å². The van der Waals surface area contributed by atoms with Crippen molar-refractivity contribution < 1.29 is 14.3 Å². The highest BCUT2D eigenvalue weighted by Gasteiger charge is 2.41. The first-order valence-electron chi connectivity index (χ1n) is 11.8. The molecular weight excluding hydrogens is 360 g/mol. The third-order valence-electron chi connectivity index (χ3n) is 6.46. The summed E-state index contributed by atoms with van der Waals surface area (Å²) in [5.41, 5.74) is 0.227. The van der Waals surface area contributed by atoms with Crippen LogP contribution in [0, 0.1) is 17.3 Å². The van der Waals surface area contributed by atoms with Gasteiger partial charge in [0.05, 0.1) is 12.2 Å². The normalized spacial score (nSPS) is 25.4. The van der Waals surface area contributed by atoms with E-state index in [1.165, 1.54) is 25.7 Å². The lowest BCUT2D eigenvalue weighted by atomic mass is 9.83. The highest BCUT2D eigenvalue weighted by atomic mass is 16.5. The van der Waals surface area contributed by atoms with Gasteiger partial charge in [-0.25, -0.2) is 0 Å². The largest absolute Gasteiger partial charge is 0.381 e. The molecule has 0 amide bonds. The molecule has 3 nitrogen and oxygen atoms in total. The van der Waals surface area contributed by atoms with Crippen LogP contribution in [0.25, 0.3) is 0 Å². The first-order valence-corrected chi connectivity index (χ1v) is 11.8. The molecule has 0 saturated heterocycles. The molecule has 1 aliphatic rings. The van der Waals surface area contributed by atoms with E-state index in [-0.39, 0.29) is 17.6 Å². The fraction of sp³-hybridized carbons (Fsp3) is 0.808. The zero-order valence-electron chi connectivity index (χ0n) is 19.9. The highest BCUT2D eigenvalue weighted by Crippen LogP contribution is 2.40. The molecule has 29 heavy (non-hydrogen) atoms. The molecule has 0 unspecified atom stereocenters. The molecule has 0 aromatic rings. The fourth-order valence-corrected chi connectivity index (χ4v) is 4.44. The molecule has 0 radical (unpaired) electrons. The summed E-state index contributed by atoms with van der Waals surface area (Å²) < 4.78 is 11.7. The molecule has 4 atom stereocenters. The van der Waals surface area contributed by atoms with E-state index in [2.05, 4.69) is 45.1 Å². The van der Waals surface area contributed by atoms with Gasteiger partial charge >= 0.3 is 0 Å². The number of hydrogen-bond acceptors (Lipinski definition) is 3. The van der Waals surface area contributed by atoms with Gasteiger partial charge in [0.2, 0.25) is 0 Å². The molecule has 3 heteroatoms. The Morgan fingerprint density at radius 2 is 1.76 bits per heavy atom. The highest BCUT2D eigenvalue weighted by molar-refractivity contribution is 5.77. The Bertz CT molecular complexity index is 506. The summed E-state index contributed by atoms with van der Waals surface area (Å²) in [6.45, 7) is 8.88. The molecule has 1 rings (SSSR count). The third kappa shape index (κ3) is 9.61. The summed E-state index contributed by atoms with van der Waals surface area (Å²) in [6.07, 6.45) is 20.2. The molecule has 168 valence electrons. The number of carbonyl (C=O) groups is 1. The molecule has 0 spiro atoms. The first-order chi connectivity index (χ1) is 13.9. The maximum absolute atomic E-state index is 11.4. The third-order valence-corrected chi connectivity index (χ3v) is 6.46. The number of methoxy groups -OCH3 is 2. The topological polar surface area (TPSA) is 35.5 Å². The minimum Gasteiger partial charge on any atom is -0.381 e. The standard InChI is InChI=1S/C26H46O3/c1-7-9-14-18-26(3,4)19-17-23-22(24(28-5)20-25(23)29-6)16-13-11-10-12-15-21(27)8-2/h11,13,17,19,22-25H,7-10,12,14-16,18,20H2,1-6H3/b13-11-,19-17+/t22-,23-,24+,25-/m1/s1. The van der Waals surface area contributed by atoms with Gasteiger partial charge in [0.25, 0.3) is 0 Å². The number of hydrogen-bond donors (Lipinski definition) is 0. The first kappa shape index (κ1) is 26.1. The van der Waals surface area contributed by atoms with E-state index in [9.17, 15) is 4.79 Å². The Hall–Kier alpha value is -0.930. The summed E-state index contributed by atoms with van der Waals surface area (Å²) in [6, 6.07) is 0. The average molecular weight is 407 g/mol. The van der Waals surface area contributed by atoms with Crippen LogP contribution in [0.5, 0.6) is 0 Å².